The molecule has 2 saturated carbocycles. The van der Waals surface area contributed by atoms with Crippen LogP contribution in [0.1, 0.15) is 0 Å². The van der Waals surface area contributed by atoms with Gasteiger partial charge in [-0.15, -0.1) is 0 Å². The first-order valence-corrected chi connectivity index (χ1v) is 6.87. The van der Waals surface area contributed by atoms with Crippen LogP contribution >= 0.6 is 0 Å². The van der Waals surface area contributed by atoms with Crippen molar-refractivity contribution in [2.24, 2.45) is 47.3 Å². The maximum atomic E-state index is 11.5. The van der Waals surface area contributed by atoms with Gasteiger partial charge in [-0.3, -0.25) is 19.2 Å². The largest absolute Gasteiger partial charge is 0.481 e. The molecule has 8 unspecified atom stereocenters. The van der Waals surface area contributed by atoms with Gasteiger partial charge in [0, 0.05) is 0 Å². The SMILES string of the molecule is O=C(O)C1C2C=CC(C1C(=O)O)C1C(C(=O)O)C(C(=O)O)C21. The molecule has 0 spiro atoms. The third-order valence-electron chi connectivity index (χ3n) is 5.46. The van der Waals surface area contributed by atoms with Crippen LogP contribution in [0, 0.1) is 47.3 Å². The summed E-state index contributed by atoms with van der Waals surface area (Å²) in [6.07, 6.45) is 3.11. The van der Waals surface area contributed by atoms with Crippen molar-refractivity contribution in [2.75, 3.05) is 0 Å². The van der Waals surface area contributed by atoms with Crippen molar-refractivity contribution in [3.63, 3.8) is 0 Å². The number of rotatable bonds is 4. The monoisotopic (exact) mass is 310 g/mol. The standard InChI is InChI=1S/C14H14O8/c15-11(16)7-3-1-2-4(8(7)12(17)18)6-5(3)9(13(19)20)10(6)14(21)22/h1-10H,(H,15,16)(H,17,18)(H,19,20)(H,21,22). The lowest BCUT2D eigenvalue weighted by atomic mass is 9.39. The van der Waals surface area contributed by atoms with Crippen molar-refractivity contribution in [1.29, 1.82) is 0 Å². The van der Waals surface area contributed by atoms with Crippen molar-refractivity contribution in [1.82, 2.24) is 0 Å². The topological polar surface area (TPSA) is 149 Å². The van der Waals surface area contributed by atoms with Gasteiger partial charge in [-0.1, -0.05) is 12.2 Å². The van der Waals surface area contributed by atoms with Crippen LogP contribution in [0.5, 0.6) is 0 Å². The highest BCUT2D eigenvalue weighted by Crippen LogP contribution is 2.64. The molecule has 0 aromatic heterocycles. The van der Waals surface area contributed by atoms with E-state index in [9.17, 15) is 39.6 Å². The Morgan fingerprint density at radius 1 is 0.545 bits per heavy atom. The average Bonchev–Trinajstić information content (AvgIpc) is 2.36. The number of aliphatic carboxylic acids is 4. The van der Waals surface area contributed by atoms with E-state index >= 15 is 0 Å². The van der Waals surface area contributed by atoms with Crippen LogP contribution in [0.4, 0.5) is 0 Å². The molecule has 118 valence electrons. The molecule has 8 heteroatoms. The van der Waals surface area contributed by atoms with E-state index in [1.807, 2.05) is 0 Å². The van der Waals surface area contributed by atoms with Crippen molar-refractivity contribution < 1.29 is 39.6 Å². The maximum Gasteiger partial charge on any atom is 0.308 e. The van der Waals surface area contributed by atoms with Gasteiger partial charge in [-0.05, 0) is 23.7 Å². The summed E-state index contributed by atoms with van der Waals surface area (Å²) in [6.45, 7) is 0. The van der Waals surface area contributed by atoms with Crippen LogP contribution in [-0.2, 0) is 19.2 Å². The second kappa shape index (κ2) is 4.56. The molecule has 4 N–H and O–H groups in total. The molecule has 0 heterocycles. The quantitative estimate of drug-likeness (QED) is 0.524. The second-order valence-electron chi connectivity index (χ2n) is 6.15. The smallest absolute Gasteiger partial charge is 0.308 e. The Bertz CT molecular complexity index is 556. The Labute approximate surface area is 124 Å². The summed E-state index contributed by atoms with van der Waals surface area (Å²) in [5, 5.41) is 37.2. The van der Waals surface area contributed by atoms with Crippen LogP contribution < -0.4 is 0 Å². The van der Waals surface area contributed by atoms with E-state index < -0.39 is 71.2 Å². The predicted octanol–water partition coefficient (Wildman–Crippen LogP) is -0.149. The molecule has 8 nitrogen and oxygen atoms in total. The van der Waals surface area contributed by atoms with Gasteiger partial charge in [0.2, 0.25) is 0 Å². The van der Waals surface area contributed by atoms with E-state index in [1.54, 1.807) is 12.2 Å². The number of fused-ring (bicyclic) bond motifs is 1. The van der Waals surface area contributed by atoms with Gasteiger partial charge in [0.25, 0.3) is 0 Å². The molecular weight excluding hydrogens is 296 g/mol. The molecule has 0 aromatic rings. The second-order valence-corrected chi connectivity index (χ2v) is 6.15. The maximum absolute atomic E-state index is 11.5. The molecule has 4 rings (SSSR count). The van der Waals surface area contributed by atoms with Gasteiger partial charge in [0.05, 0.1) is 23.7 Å². The molecule has 22 heavy (non-hydrogen) atoms. The summed E-state index contributed by atoms with van der Waals surface area (Å²) >= 11 is 0. The van der Waals surface area contributed by atoms with E-state index in [0.717, 1.165) is 0 Å². The Hall–Kier alpha value is -2.38. The summed E-state index contributed by atoms with van der Waals surface area (Å²) < 4.78 is 0. The molecule has 0 aromatic carbocycles. The lowest BCUT2D eigenvalue weighted by Crippen LogP contribution is -2.67. The van der Waals surface area contributed by atoms with Crippen LogP contribution in [0.2, 0.25) is 0 Å². The number of carboxylic acid groups (broad SMARTS) is 4. The number of hydrogen-bond donors (Lipinski definition) is 4. The lowest BCUT2D eigenvalue weighted by Gasteiger charge is -2.61. The van der Waals surface area contributed by atoms with Crippen LogP contribution in [0.3, 0.4) is 0 Å². The fourth-order valence-corrected chi connectivity index (χ4v) is 4.79. The van der Waals surface area contributed by atoms with Gasteiger partial charge in [0.15, 0.2) is 0 Å². The third kappa shape index (κ3) is 1.63. The van der Waals surface area contributed by atoms with E-state index in [4.69, 9.17) is 0 Å². The van der Waals surface area contributed by atoms with Gasteiger partial charge < -0.3 is 20.4 Å². The minimum Gasteiger partial charge on any atom is -0.481 e. The Balaban J connectivity index is 2.06. The van der Waals surface area contributed by atoms with Crippen molar-refractivity contribution >= 4 is 23.9 Å². The van der Waals surface area contributed by atoms with Gasteiger partial charge in [0.1, 0.15) is 0 Å². The molecule has 2 fully saturated rings. The highest BCUT2D eigenvalue weighted by atomic mass is 16.4. The van der Waals surface area contributed by atoms with E-state index in [2.05, 4.69) is 0 Å². The first-order chi connectivity index (χ1) is 10.3. The number of allylic oxidation sites excluding steroid dienone is 2. The Morgan fingerprint density at radius 3 is 1.05 bits per heavy atom. The summed E-state index contributed by atoms with van der Waals surface area (Å²) in [5.41, 5.74) is 0. The van der Waals surface area contributed by atoms with Crippen molar-refractivity contribution in [2.45, 2.75) is 0 Å². The highest BCUT2D eigenvalue weighted by molar-refractivity contribution is 5.86. The summed E-state index contributed by atoms with van der Waals surface area (Å²) in [5.74, 6) is -12.7. The van der Waals surface area contributed by atoms with Crippen LogP contribution in [-0.4, -0.2) is 44.3 Å². The number of carbonyl (C=O) groups is 4. The Kier molecular flexibility index (Phi) is 3.01. The molecule has 8 atom stereocenters. The summed E-state index contributed by atoms with van der Waals surface area (Å²) in [6, 6.07) is 0. The first kappa shape index (κ1) is 14.6. The predicted molar refractivity (Wildman–Crippen MR) is 67.6 cm³/mol. The van der Waals surface area contributed by atoms with Gasteiger partial charge in [-0.25, -0.2) is 0 Å². The minimum absolute atomic E-state index is 0.634. The molecule has 2 bridgehead atoms. The molecule has 0 saturated heterocycles. The van der Waals surface area contributed by atoms with Crippen LogP contribution in [0.25, 0.3) is 0 Å². The highest BCUT2D eigenvalue weighted by Gasteiger charge is 2.70. The zero-order valence-corrected chi connectivity index (χ0v) is 11.2. The van der Waals surface area contributed by atoms with E-state index in [-0.39, 0.29) is 0 Å². The molecular formula is C14H14O8. The van der Waals surface area contributed by atoms with Crippen molar-refractivity contribution in [3.05, 3.63) is 12.2 Å². The summed E-state index contributed by atoms with van der Waals surface area (Å²) in [7, 11) is 0. The Morgan fingerprint density at radius 2 is 0.818 bits per heavy atom. The molecule has 4 aliphatic carbocycles. The third-order valence-corrected chi connectivity index (χ3v) is 5.46. The molecule has 0 aliphatic heterocycles. The minimum atomic E-state index is -1.28. The zero-order valence-electron chi connectivity index (χ0n) is 11.2. The van der Waals surface area contributed by atoms with E-state index in [1.165, 1.54) is 0 Å². The molecule has 4 aliphatic rings. The van der Waals surface area contributed by atoms with E-state index in [0.29, 0.717) is 0 Å². The normalized spacial score (nSPS) is 44.7. The average molecular weight is 310 g/mol. The molecule has 0 amide bonds. The van der Waals surface area contributed by atoms with Gasteiger partial charge in [-0.2, -0.15) is 0 Å². The zero-order chi connectivity index (χ0) is 16.3. The fraction of sp³-hybridized carbons (Fsp3) is 0.571. The number of hydrogen-bond acceptors (Lipinski definition) is 4. The lowest BCUT2D eigenvalue weighted by molar-refractivity contribution is -0.206. The van der Waals surface area contributed by atoms with Crippen LogP contribution in [0.15, 0.2) is 12.2 Å². The number of carboxylic acids is 4. The van der Waals surface area contributed by atoms with Gasteiger partial charge >= 0.3 is 23.9 Å². The fourth-order valence-electron chi connectivity index (χ4n) is 4.79. The summed E-state index contributed by atoms with van der Waals surface area (Å²) in [4.78, 5) is 45.7. The first-order valence-electron chi connectivity index (χ1n) is 6.87. The van der Waals surface area contributed by atoms with Crippen molar-refractivity contribution in [3.8, 4) is 0 Å². The molecule has 0 radical (unpaired) electrons.